The van der Waals surface area contributed by atoms with Gasteiger partial charge in [0.1, 0.15) is 0 Å². The number of nitrogens with two attached hydrogens (primary N) is 1. The van der Waals surface area contributed by atoms with Crippen LogP contribution in [-0.4, -0.2) is 26.4 Å². The maximum atomic E-state index is 11.4. The number of hydroxylamine groups is 2. The van der Waals surface area contributed by atoms with Crippen LogP contribution in [0.2, 0.25) is 5.02 Å². The summed E-state index contributed by atoms with van der Waals surface area (Å²) in [4.78, 5) is 11.4. The van der Waals surface area contributed by atoms with Crippen LogP contribution in [0.3, 0.4) is 0 Å². The number of amides is 1. The molecule has 0 spiro atoms. The minimum Gasteiger partial charge on any atom is -0.403 e. The third-order valence-corrected chi connectivity index (χ3v) is 4.46. The van der Waals surface area contributed by atoms with E-state index in [0.29, 0.717) is 32.6 Å². The first-order valence-electron chi connectivity index (χ1n) is 8.11. The van der Waals surface area contributed by atoms with Gasteiger partial charge >= 0.3 is 6.01 Å². The zero-order chi connectivity index (χ0) is 19.6. The molecule has 1 aromatic heterocycles. The molecule has 3 aromatic rings. The van der Waals surface area contributed by atoms with E-state index in [1.165, 1.54) is 6.92 Å². The minimum absolute atomic E-state index is 0.0269. The first-order valence-corrected chi connectivity index (χ1v) is 8.48. The Morgan fingerprint density at radius 2 is 1.93 bits per heavy atom. The molecule has 27 heavy (non-hydrogen) atoms. The van der Waals surface area contributed by atoms with E-state index in [1.807, 2.05) is 18.2 Å². The molecule has 8 nitrogen and oxygen atoms in total. The van der Waals surface area contributed by atoms with Gasteiger partial charge in [0, 0.05) is 6.92 Å². The molecule has 0 saturated carbocycles. The number of nitrogens with one attached hydrogen (secondary N) is 1. The second-order valence-electron chi connectivity index (χ2n) is 5.86. The molecule has 0 fully saturated rings. The van der Waals surface area contributed by atoms with Crippen molar-refractivity contribution in [1.82, 2.24) is 15.3 Å². The second-order valence-corrected chi connectivity index (χ2v) is 6.24. The van der Waals surface area contributed by atoms with Gasteiger partial charge in [-0.3, -0.25) is 10.0 Å². The van der Waals surface area contributed by atoms with Crippen molar-refractivity contribution in [3.05, 3.63) is 53.1 Å². The van der Waals surface area contributed by atoms with Crippen LogP contribution >= 0.6 is 11.6 Å². The largest absolute Gasteiger partial charge is 0.403 e. The predicted molar refractivity (Wildman–Crippen MR) is 102 cm³/mol. The van der Waals surface area contributed by atoms with Crippen LogP contribution in [0, 0.1) is 0 Å². The third-order valence-electron chi connectivity index (χ3n) is 4.04. The molecule has 0 aliphatic rings. The maximum Gasteiger partial charge on any atom is 0.313 e. The lowest BCUT2D eigenvalue weighted by Crippen LogP contribution is -2.28. The molecular formula is C18H18ClN5O3. The molecule has 0 bridgehead atoms. The average Bonchev–Trinajstić information content (AvgIpc) is 3.09. The number of carbonyl (C=O) groups excluding carboxylic acids is 1. The molecule has 4 N–H and O–H groups in total. The lowest BCUT2D eigenvalue weighted by molar-refractivity contribution is -0.172. The first-order chi connectivity index (χ1) is 12.9. The van der Waals surface area contributed by atoms with Gasteiger partial charge < -0.3 is 15.5 Å². The summed E-state index contributed by atoms with van der Waals surface area (Å²) >= 11 is 6.52. The fraction of sp³-hybridized carbons (Fsp3) is 0.167. The molecule has 0 saturated heterocycles. The van der Waals surface area contributed by atoms with Crippen LogP contribution in [-0.2, 0) is 4.79 Å². The second kappa shape index (κ2) is 7.65. The fourth-order valence-electron chi connectivity index (χ4n) is 2.64. The van der Waals surface area contributed by atoms with Gasteiger partial charge in [-0.05, 0) is 30.7 Å². The predicted octanol–water partition coefficient (Wildman–Crippen LogP) is 4.01. The summed E-state index contributed by atoms with van der Waals surface area (Å²) in [6.07, 6.45) is 0. The zero-order valence-electron chi connectivity index (χ0n) is 14.7. The van der Waals surface area contributed by atoms with Crippen LogP contribution < -0.4 is 11.1 Å². The highest BCUT2D eigenvalue weighted by Gasteiger charge is 2.21. The van der Waals surface area contributed by atoms with Crippen molar-refractivity contribution in [2.75, 3.05) is 11.1 Å². The number of hydrogen-bond acceptors (Lipinski definition) is 7. The van der Waals surface area contributed by atoms with Crippen LogP contribution in [0.4, 0.5) is 17.4 Å². The summed E-state index contributed by atoms with van der Waals surface area (Å²) in [5, 5.41) is 21.7. The van der Waals surface area contributed by atoms with Crippen molar-refractivity contribution in [2.24, 2.45) is 0 Å². The number of hydrogen-bond donors (Lipinski definition) is 3. The number of anilines is 3. The van der Waals surface area contributed by atoms with E-state index in [-0.39, 0.29) is 11.9 Å². The van der Waals surface area contributed by atoms with Gasteiger partial charge in [0.2, 0.25) is 5.91 Å². The summed E-state index contributed by atoms with van der Waals surface area (Å²) in [5.41, 5.74) is 8.04. The van der Waals surface area contributed by atoms with Crippen LogP contribution in [0.25, 0.3) is 11.5 Å². The Bertz CT molecular complexity index is 975. The Kier molecular flexibility index (Phi) is 5.29. The highest BCUT2D eigenvalue weighted by molar-refractivity contribution is 6.34. The van der Waals surface area contributed by atoms with Gasteiger partial charge in [-0.2, -0.15) is 0 Å². The molecule has 0 radical (unpaired) electrons. The Hall–Kier alpha value is -3.10. The van der Waals surface area contributed by atoms with Crippen LogP contribution in [0.5, 0.6) is 0 Å². The Balaban J connectivity index is 1.96. The van der Waals surface area contributed by atoms with Gasteiger partial charge in [-0.1, -0.05) is 41.0 Å². The quantitative estimate of drug-likeness (QED) is 0.447. The molecule has 0 aliphatic carbocycles. The first kappa shape index (κ1) is 18.7. The summed E-state index contributed by atoms with van der Waals surface area (Å²) < 4.78 is 5.30. The van der Waals surface area contributed by atoms with E-state index in [2.05, 4.69) is 15.5 Å². The summed E-state index contributed by atoms with van der Waals surface area (Å²) in [6, 6.07) is 12.0. The molecule has 1 heterocycles. The van der Waals surface area contributed by atoms with Crippen LogP contribution in [0.15, 0.2) is 46.9 Å². The Morgan fingerprint density at radius 1 is 1.22 bits per heavy atom. The van der Waals surface area contributed by atoms with E-state index >= 15 is 0 Å². The molecule has 1 amide bonds. The molecule has 2 aromatic carbocycles. The maximum absolute atomic E-state index is 11.4. The lowest BCUT2D eigenvalue weighted by atomic mass is 10.1. The molecule has 1 unspecified atom stereocenters. The smallest absolute Gasteiger partial charge is 0.313 e. The minimum atomic E-state index is -0.609. The SMILES string of the molecule is CC(=O)N(O)C(C)c1cccc(Nc2ccccc2-c2nnc(N)o2)c1Cl. The van der Waals surface area contributed by atoms with E-state index in [1.54, 1.807) is 31.2 Å². The Labute approximate surface area is 160 Å². The normalized spacial score (nSPS) is 11.9. The van der Waals surface area contributed by atoms with Crippen molar-refractivity contribution in [2.45, 2.75) is 19.9 Å². The molecular weight excluding hydrogens is 370 g/mol. The number of aromatic nitrogens is 2. The molecule has 9 heteroatoms. The van der Waals surface area contributed by atoms with Gasteiger partial charge in [0.25, 0.3) is 5.89 Å². The van der Waals surface area contributed by atoms with Crippen molar-refractivity contribution < 1.29 is 14.4 Å². The molecule has 0 aliphatic heterocycles. The monoisotopic (exact) mass is 387 g/mol. The summed E-state index contributed by atoms with van der Waals surface area (Å²) in [5.74, 6) is -0.203. The summed E-state index contributed by atoms with van der Waals surface area (Å²) in [6.45, 7) is 2.96. The van der Waals surface area contributed by atoms with E-state index in [9.17, 15) is 10.0 Å². The number of rotatable bonds is 5. The van der Waals surface area contributed by atoms with Crippen molar-refractivity contribution >= 4 is 34.9 Å². The number of halogens is 1. The average molecular weight is 388 g/mol. The fourth-order valence-corrected chi connectivity index (χ4v) is 2.97. The topological polar surface area (TPSA) is 118 Å². The zero-order valence-corrected chi connectivity index (χ0v) is 15.4. The number of benzene rings is 2. The number of nitrogen functional groups attached to an aromatic ring is 1. The number of carbonyl (C=O) groups is 1. The van der Waals surface area contributed by atoms with Gasteiger partial charge in [0.15, 0.2) is 0 Å². The van der Waals surface area contributed by atoms with E-state index < -0.39 is 11.9 Å². The van der Waals surface area contributed by atoms with Crippen LogP contribution in [0.1, 0.15) is 25.5 Å². The van der Waals surface area contributed by atoms with Gasteiger partial charge in [-0.15, -0.1) is 5.10 Å². The van der Waals surface area contributed by atoms with Gasteiger partial charge in [0.05, 0.1) is 28.0 Å². The van der Waals surface area contributed by atoms with E-state index in [4.69, 9.17) is 21.8 Å². The van der Waals surface area contributed by atoms with E-state index in [0.717, 1.165) is 0 Å². The van der Waals surface area contributed by atoms with Crippen molar-refractivity contribution in [3.8, 4) is 11.5 Å². The molecule has 1 atom stereocenters. The van der Waals surface area contributed by atoms with Crippen molar-refractivity contribution in [1.29, 1.82) is 0 Å². The Morgan fingerprint density at radius 3 is 2.59 bits per heavy atom. The highest BCUT2D eigenvalue weighted by atomic mass is 35.5. The molecule has 3 rings (SSSR count). The highest BCUT2D eigenvalue weighted by Crippen LogP contribution is 2.36. The standard InChI is InChI=1S/C18H18ClN5O3/c1-10(24(26)11(2)25)12-7-5-9-15(16(12)19)21-14-8-4-3-6-13(14)17-22-23-18(20)27-17/h3-10,21,26H,1-2H3,(H2,20,23). The number of nitrogens with zero attached hydrogens (tertiary/aromatic N) is 3. The van der Waals surface area contributed by atoms with Gasteiger partial charge in [-0.25, -0.2) is 5.06 Å². The third kappa shape index (κ3) is 3.86. The summed E-state index contributed by atoms with van der Waals surface area (Å²) in [7, 11) is 0. The lowest BCUT2D eigenvalue weighted by Gasteiger charge is -2.23. The van der Waals surface area contributed by atoms with Crippen molar-refractivity contribution in [3.63, 3.8) is 0 Å². The number of para-hydroxylation sites is 1. The molecule has 140 valence electrons.